The van der Waals surface area contributed by atoms with Crippen LogP contribution < -0.4 is 5.73 Å². The first-order chi connectivity index (χ1) is 7.99. The van der Waals surface area contributed by atoms with E-state index in [9.17, 15) is 5.11 Å². The number of hydrogen-bond donors (Lipinski definition) is 2. The Kier molecular flexibility index (Phi) is 5.12. The van der Waals surface area contributed by atoms with Gasteiger partial charge in [-0.15, -0.1) is 0 Å². The quantitative estimate of drug-likeness (QED) is 0.788. The van der Waals surface area contributed by atoms with Crippen LogP contribution in [0.5, 0.6) is 0 Å². The van der Waals surface area contributed by atoms with E-state index in [4.69, 9.17) is 5.73 Å². The van der Waals surface area contributed by atoms with Crippen LogP contribution in [0.15, 0.2) is 30.3 Å². The average molecular weight is 236 g/mol. The minimum Gasteiger partial charge on any atom is -0.384 e. The highest BCUT2D eigenvalue weighted by atomic mass is 16.3. The molecule has 0 heterocycles. The van der Waals surface area contributed by atoms with Crippen molar-refractivity contribution < 1.29 is 5.11 Å². The van der Waals surface area contributed by atoms with Gasteiger partial charge in [0, 0.05) is 19.1 Å². The summed E-state index contributed by atoms with van der Waals surface area (Å²) in [4.78, 5) is 2.21. The Hall–Kier alpha value is -0.900. The molecule has 0 aliphatic rings. The number of nitrogens with zero attached hydrogens (tertiary/aromatic N) is 1. The standard InChI is InChI=1S/C14H24N2O/c1-12(2)16(3)10-9-14(17,11-15)13-7-5-4-6-8-13/h4-8,12,17H,9-11,15H2,1-3H3. The highest BCUT2D eigenvalue weighted by molar-refractivity contribution is 5.22. The summed E-state index contributed by atoms with van der Waals surface area (Å²) in [6.07, 6.45) is 0.655. The van der Waals surface area contributed by atoms with Crippen molar-refractivity contribution in [1.29, 1.82) is 0 Å². The lowest BCUT2D eigenvalue weighted by molar-refractivity contribution is 0.0256. The normalized spacial score (nSPS) is 15.2. The first-order valence-electron chi connectivity index (χ1n) is 6.18. The summed E-state index contributed by atoms with van der Waals surface area (Å²) in [5.74, 6) is 0. The van der Waals surface area contributed by atoms with Gasteiger partial charge in [-0.05, 0) is 32.9 Å². The molecule has 3 heteroatoms. The van der Waals surface area contributed by atoms with E-state index in [-0.39, 0.29) is 6.54 Å². The van der Waals surface area contributed by atoms with Gasteiger partial charge in [-0.25, -0.2) is 0 Å². The van der Waals surface area contributed by atoms with Gasteiger partial charge < -0.3 is 15.7 Å². The predicted octanol–water partition coefficient (Wildman–Crippen LogP) is 1.56. The number of benzene rings is 1. The summed E-state index contributed by atoms with van der Waals surface area (Å²) in [6, 6.07) is 10.2. The van der Waals surface area contributed by atoms with E-state index < -0.39 is 5.60 Å². The topological polar surface area (TPSA) is 49.5 Å². The molecular formula is C14H24N2O. The predicted molar refractivity (Wildman–Crippen MR) is 71.8 cm³/mol. The monoisotopic (exact) mass is 236 g/mol. The summed E-state index contributed by atoms with van der Waals surface area (Å²) in [5, 5.41) is 10.6. The van der Waals surface area contributed by atoms with Crippen LogP contribution in [0.4, 0.5) is 0 Å². The van der Waals surface area contributed by atoms with E-state index in [1.54, 1.807) is 0 Å². The number of aliphatic hydroxyl groups is 1. The van der Waals surface area contributed by atoms with Gasteiger partial charge in [-0.2, -0.15) is 0 Å². The molecule has 17 heavy (non-hydrogen) atoms. The zero-order chi connectivity index (χ0) is 12.9. The number of hydrogen-bond acceptors (Lipinski definition) is 3. The summed E-state index contributed by atoms with van der Waals surface area (Å²) < 4.78 is 0. The molecule has 0 radical (unpaired) electrons. The molecule has 3 nitrogen and oxygen atoms in total. The van der Waals surface area contributed by atoms with Crippen molar-refractivity contribution in [2.24, 2.45) is 5.73 Å². The van der Waals surface area contributed by atoms with Crippen molar-refractivity contribution in [3.8, 4) is 0 Å². The lowest BCUT2D eigenvalue weighted by Crippen LogP contribution is -2.39. The van der Waals surface area contributed by atoms with Crippen molar-refractivity contribution in [2.75, 3.05) is 20.1 Å². The molecule has 1 unspecified atom stereocenters. The molecule has 3 N–H and O–H groups in total. The highest BCUT2D eigenvalue weighted by Crippen LogP contribution is 2.24. The van der Waals surface area contributed by atoms with Crippen LogP contribution in [-0.2, 0) is 5.60 Å². The molecule has 1 rings (SSSR count). The van der Waals surface area contributed by atoms with Gasteiger partial charge in [0.2, 0.25) is 0 Å². The van der Waals surface area contributed by atoms with Crippen LogP contribution in [0.1, 0.15) is 25.8 Å². The smallest absolute Gasteiger partial charge is 0.103 e. The summed E-state index contributed by atoms with van der Waals surface area (Å²) in [7, 11) is 2.06. The Morgan fingerprint density at radius 2 is 1.88 bits per heavy atom. The van der Waals surface area contributed by atoms with Gasteiger partial charge in [0.15, 0.2) is 0 Å². The van der Waals surface area contributed by atoms with E-state index in [1.807, 2.05) is 30.3 Å². The first-order valence-corrected chi connectivity index (χ1v) is 6.18. The third-order valence-corrected chi connectivity index (χ3v) is 3.41. The Morgan fingerprint density at radius 1 is 1.29 bits per heavy atom. The molecule has 0 saturated carbocycles. The minimum atomic E-state index is -0.912. The SMILES string of the molecule is CC(C)N(C)CCC(O)(CN)c1ccccc1. The molecule has 0 aromatic heterocycles. The van der Waals surface area contributed by atoms with Crippen molar-refractivity contribution in [2.45, 2.75) is 31.9 Å². The molecule has 0 amide bonds. The van der Waals surface area contributed by atoms with E-state index in [0.717, 1.165) is 12.1 Å². The van der Waals surface area contributed by atoms with E-state index in [2.05, 4.69) is 25.8 Å². The fourth-order valence-electron chi connectivity index (χ4n) is 1.73. The second-order valence-electron chi connectivity index (χ2n) is 4.93. The Labute approximate surface area is 104 Å². The lowest BCUT2D eigenvalue weighted by Gasteiger charge is -2.30. The molecule has 0 bridgehead atoms. The van der Waals surface area contributed by atoms with Gasteiger partial charge >= 0.3 is 0 Å². The average Bonchev–Trinajstić information content (AvgIpc) is 2.36. The largest absolute Gasteiger partial charge is 0.384 e. The van der Waals surface area contributed by atoms with Crippen LogP contribution in [0.25, 0.3) is 0 Å². The van der Waals surface area contributed by atoms with Crippen LogP contribution in [0, 0.1) is 0 Å². The third-order valence-electron chi connectivity index (χ3n) is 3.41. The maximum atomic E-state index is 10.6. The van der Waals surface area contributed by atoms with Crippen molar-refractivity contribution in [3.63, 3.8) is 0 Å². The first kappa shape index (κ1) is 14.2. The van der Waals surface area contributed by atoms with Gasteiger partial charge in [0.05, 0.1) is 0 Å². The van der Waals surface area contributed by atoms with Crippen LogP contribution in [-0.4, -0.2) is 36.2 Å². The van der Waals surface area contributed by atoms with Crippen molar-refractivity contribution >= 4 is 0 Å². The van der Waals surface area contributed by atoms with Gasteiger partial charge in [0.25, 0.3) is 0 Å². The van der Waals surface area contributed by atoms with Crippen LogP contribution in [0.3, 0.4) is 0 Å². The number of rotatable bonds is 6. The summed E-state index contributed by atoms with van der Waals surface area (Å²) in [5.41, 5.74) is 5.72. The summed E-state index contributed by atoms with van der Waals surface area (Å²) in [6.45, 7) is 5.37. The van der Waals surface area contributed by atoms with Crippen molar-refractivity contribution in [3.05, 3.63) is 35.9 Å². The van der Waals surface area contributed by atoms with Gasteiger partial charge in [-0.1, -0.05) is 30.3 Å². The van der Waals surface area contributed by atoms with E-state index >= 15 is 0 Å². The molecule has 0 aliphatic heterocycles. The molecule has 1 aromatic carbocycles. The van der Waals surface area contributed by atoms with Gasteiger partial charge in [0.1, 0.15) is 5.60 Å². The summed E-state index contributed by atoms with van der Waals surface area (Å²) >= 11 is 0. The van der Waals surface area contributed by atoms with Crippen LogP contribution >= 0.6 is 0 Å². The molecule has 0 fully saturated rings. The lowest BCUT2D eigenvalue weighted by atomic mass is 9.90. The fraction of sp³-hybridized carbons (Fsp3) is 0.571. The van der Waals surface area contributed by atoms with E-state index in [0.29, 0.717) is 12.5 Å². The molecule has 1 aromatic rings. The molecule has 0 aliphatic carbocycles. The second kappa shape index (κ2) is 6.15. The van der Waals surface area contributed by atoms with Gasteiger partial charge in [-0.3, -0.25) is 0 Å². The Bertz CT molecular complexity index is 326. The highest BCUT2D eigenvalue weighted by Gasteiger charge is 2.27. The maximum absolute atomic E-state index is 10.6. The maximum Gasteiger partial charge on any atom is 0.103 e. The van der Waals surface area contributed by atoms with Crippen LogP contribution in [0.2, 0.25) is 0 Å². The molecule has 0 saturated heterocycles. The zero-order valence-electron chi connectivity index (χ0n) is 11.1. The van der Waals surface area contributed by atoms with E-state index in [1.165, 1.54) is 0 Å². The molecule has 0 spiro atoms. The fourth-order valence-corrected chi connectivity index (χ4v) is 1.73. The Balaban J connectivity index is 2.70. The van der Waals surface area contributed by atoms with Crippen molar-refractivity contribution in [1.82, 2.24) is 4.90 Å². The molecular weight excluding hydrogens is 212 g/mol. The second-order valence-corrected chi connectivity index (χ2v) is 4.93. The molecule has 96 valence electrons. The number of nitrogens with two attached hydrogens (primary N) is 1. The molecule has 1 atom stereocenters. The zero-order valence-corrected chi connectivity index (χ0v) is 11.1. The minimum absolute atomic E-state index is 0.253. The third kappa shape index (κ3) is 3.80. The Morgan fingerprint density at radius 3 is 2.35 bits per heavy atom.